The first-order chi connectivity index (χ1) is 10.1. The van der Waals surface area contributed by atoms with E-state index in [2.05, 4.69) is 57.7 Å². The van der Waals surface area contributed by atoms with Gasteiger partial charge >= 0.3 is 0 Å². The molecule has 1 aromatic carbocycles. The third-order valence-corrected chi connectivity index (χ3v) is 5.48. The Hall–Kier alpha value is -0.580. The molecule has 0 spiro atoms. The van der Waals surface area contributed by atoms with Crippen molar-refractivity contribution in [3.8, 4) is 0 Å². The molecule has 1 aliphatic carbocycles. The highest BCUT2D eigenvalue weighted by Crippen LogP contribution is 2.38. The Morgan fingerprint density at radius 2 is 2.14 bits per heavy atom. The molecule has 1 aromatic heterocycles. The first-order valence-corrected chi connectivity index (χ1v) is 8.76. The molecule has 0 aliphatic heterocycles. The van der Waals surface area contributed by atoms with Gasteiger partial charge in [0.1, 0.15) is 5.82 Å². The van der Waals surface area contributed by atoms with Crippen LogP contribution < -0.4 is 0 Å². The van der Waals surface area contributed by atoms with Crippen LogP contribution >= 0.6 is 27.5 Å². The number of alkyl halides is 1. The van der Waals surface area contributed by atoms with E-state index in [-0.39, 0.29) is 5.54 Å². The second-order valence-corrected chi connectivity index (χ2v) is 7.45. The quantitative estimate of drug-likeness (QED) is 0.740. The maximum absolute atomic E-state index is 5.98. The highest BCUT2D eigenvalue weighted by atomic mass is 79.9. The molecule has 0 atom stereocenters. The molecule has 1 aliphatic rings. The number of aryl methyl sites for hydroxylation is 1. The molecule has 5 heteroatoms. The summed E-state index contributed by atoms with van der Waals surface area (Å²) in [6.45, 7) is 1.00. The SMILES string of the molecule is CN(C)C1(Cn2c(CCCl)nc3cc(Br)ccc32)CCC1. The zero-order valence-electron chi connectivity index (χ0n) is 12.6. The molecule has 21 heavy (non-hydrogen) atoms. The Morgan fingerprint density at radius 1 is 1.38 bits per heavy atom. The van der Waals surface area contributed by atoms with E-state index < -0.39 is 0 Å². The minimum absolute atomic E-state index is 0.280. The fourth-order valence-electron chi connectivity index (χ4n) is 3.23. The number of hydrogen-bond acceptors (Lipinski definition) is 2. The minimum atomic E-state index is 0.280. The van der Waals surface area contributed by atoms with E-state index in [0.29, 0.717) is 5.88 Å². The van der Waals surface area contributed by atoms with Crippen molar-refractivity contribution in [1.29, 1.82) is 0 Å². The van der Waals surface area contributed by atoms with Crippen molar-refractivity contribution in [2.75, 3.05) is 20.0 Å². The summed E-state index contributed by atoms with van der Waals surface area (Å²) in [6, 6.07) is 6.34. The molecule has 0 unspecified atom stereocenters. The monoisotopic (exact) mass is 369 g/mol. The van der Waals surface area contributed by atoms with Crippen molar-refractivity contribution in [3.05, 3.63) is 28.5 Å². The van der Waals surface area contributed by atoms with Gasteiger partial charge in [0.2, 0.25) is 0 Å². The molecule has 1 saturated carbocycles. The molecular formula is C16H21BrClN3. The standard InChI is InChI=1S/C16H21BrClN3/c1-20(2)16(7-3-8-16)11-21-14-5-4-12(17)10-13(14)19-15(21)6-9-18/h4-5,10H,3,6-9,11H2,1-2H3. The smallest absolute Gasteiger partial charge is 0.111 e. The van der Waals surface area contributed by atoms with E-state index in [4.69, 9.17) is 16.6 Å². The van der Waals surface area contributed by atoms with E-state index in [9.17, 15) is 0 Å². The second kappa shape index (κ2) is 5.90. The zero-order chi connectivity index (χ0) is 15.0. The van der Waals surface area contributed by atoms with Gasteiger partial charge in [-0.2, -0.15) is 0 Å². The number of benzene rings is 1. The number of imidazole rings is 1. The third kappa shape index (κ3) is 2.73. The Bertz CT molecular complexity index is 646. The van der Waals surface area contributed by atoms with Gasteiger partial charge in [-0.15, -0.1) is 11.6 Å². The highest BCUT2D eigenvalue weighted by Gasteiger charge is 2.40. The molecule has 0 saturated heterocycles. The van der Waals surface area contributed by atoms with Crippen molar-refractivity contribution in [2.24, 2.45) is 0 Å². The number of hydrogen-bond donors (Lipinski definition) is 0. The summed E-state index contributed by atoms with van der Waals surface area (Å²) in [5.74, 6) is 1.71. The van der Waals surface area contributed by atoms with Crippen LogP contribution in [0.2, 0.25) is 0 Å². The van der Waals surface area contributed by atoms with E-state index in [1.54, 1.807) is 0 Å². The van der Waals surface area contributed by atoms with Crippen LogP contribution in [-0.2, 0) is 13.0 Å². The van der Waals surface area contributed by atoms with Gasteiger partial charge in [-0.1, -0.05) is 15.9 Å². The topological polar surface area (TPSA) is 21.1 Å². The van der Waals surface area contributed by atoms with E-state index in [0.717, 1.165) is 28.8 Å². The van der Waals surface area contributed by atoms with Crippen LogP contribution in [0.25, 0.3) is 11.0 Å². The third-order valence-electron chi connectivity index (χ3n) is 4.79. The summed E-state index contributed by atoms with van der Waals surface area (Å²) in [5, 5.41) is 0. The average molecular weight is 371 g/mol. The molecule has 1 fully saturated rings. The zero-order valence-corrected chi connectivity index (χ0v) is 14.9. The number of fused-ring (bicyclic) bond motifs is 1. The predicted molar refractivity (Wildman–Crippen MR) is 92.1 cm³/mol. The van der Waals surface area contributed by atoms with Crippen molar-refractivity contribution in [3.63, 3.8) is 0 Å². The fourth-order valence-corrected chi connectivity index (χ4v) is 3.75. The Morgan fingerprint density at radius 3 is 2.71 bits per heavy atom. The van der Waals surface area contributed by atoms with Gasteiger partial charge in [0, 0.05) is 28.9 Å². The molecule has 3 rings (SSSR count). The number of halogens is 2. The molecule has 114 valence electrons. The highest BCUT2D eigenvalue weighted by molar-refractivity contribution is 9.10. The summed E-state index contributed by atoms with van der Waals surface area (Å²) in [4.78, 5) is 7.18. The van der Waals surface area contributed by atoms with Crippen molar-refractivity contribution < 1.29 is 0 Å². The lowest BCUT2D eigenvalue weighted by Gasteiger charge is -2.47. The van der Waals surface area contributed by atoms with Crippen LogP contribution in [0.5, 0.6) is 0 Å². The molecule has 0 bridgehead atoms. The second-order valence-electron chi connectivity index (χ2n) is 6.16. The van der Waals surface area contributed by atoms with Crippen LogP contribution in [0.1, 0.15) is 25.1 Å². The van der Waals surface area contributed by atoms with Gasteiger partial charge in [-0.05, 0) is 51.6 Å². The lowest BCUT2D eigenvalue weighted by Crippen LogP contribution is -2.53. The number of likely N-dealkylation sites (N-methyl/N-ethyl adjacent to an activating group) is 1. The van der Waals surface area contributed by atoms with Crippen molar-refractivity contribution >= 4 is 38.6 Å². The van der Waals surface area contributed by atoms with Crippen molar-refractivity contribution in [1.82, 2.24) is 14.5 Å². The maximum Gasteiger partial charge on any atom is 0.111 e. The minimum Gasteiger partial charge on any atom is -0.326 e. The van der Waals surface area contributed by atoms with Gasteiger partial charge in [0.05, 0.1) is 11.0 Å². The van der Waals surface area contributed by atoms with Crippen LogP contribution in [0.15, 0.2) is 22.7 Å². The first kappa shape index (κ1) is 15.3. The normalized spacial score (nSPS) is 17.4. The lowest BCUT2D eigenvalue weighted by atomic mass is 9.75. The van der Waals surface area contributed by atoms with Gasteiger partial charge in [-0.25, -0.2) is 4.98 Å². The summed E-state index contributed by atoms with van der Waals surface area (Å²) in [7, 11) is 4.38. The lowest BCUT2D eigenvalue weighted by molar-refractivity contribution is 0.0428. The van der Waals surface area contributed by atoms with Gasteiger partial charge in [0.25, 0.3) is 0 Å². The average Bonchev–Trinajstić information content (AvgIpc) is 2.70. The van der Waals surface area contributed by atoms with Crippen LogP contribution in [-0.4, -0.2) is 40.0 Å². The summed E-state index contributed by atoms with van der Waals surface area (Å²) < 4.78 is 3.45. The number of nitrogens with zero attached hydrogens (tertiary/aromatic N) is 3. The molecule has 0 N–H and O–H groups in total. The van der Waals surface area contributed by atoms with E-state index in [1.165, 1.54) is 24.8 Å². The largest absolute Gasteiger partial charge is 0.326 e. The molecular weight excluding hydrogens is 350 g/mol. The molecule has 0 amide bonds. The van der Waals surface area contributed by atoms with Crippen molar-refractivity contribution in [2.45, 2.75) is 37.8 Å². The van der Waals surface area contributed by atoms with Gasteiger partial charge in [0.15, 0.2) is 0 Å². The predicted octanol–water partition coefficient (Wildman–Crippen LogP) is 4.06. The van der Waals surface area contributed by atoms with Gasteiger partial charge in [-0.3, -0.25) is 0 Å². The van der Waals surface area contributed by atoms with Gasteiger partial charge < -0.3 is 9.47 Å². The molecule has 1 heterocycles. The maximum atomic E-state index is 5.98. The molecule has 3 nitrogen and oxygen atoms in total. The van der Waals surface area contributed by atoms with E-state index in [1.807, 2.05) is 0 Å². The number of aromatic nitrogens is 2. The molecule has 0 radical (unpaired) electrons. The number of rotatable bonds is 5. The van der Waals surface area contributed by atoms with Crippen LogP contribution in [0.4, 0.5) is 0 Å². The van der Waals surface area contributed by atoms with Crippen LogP contribution in [0, 0.1) is 0 Å². The summed E-state index contributed by atoms with van der Waals surface area (Å²) in [5.41, 5.74) is 2.55. The fraction of sp³-hybridized carbons (Fsp3) is 0.562. The molecule has 2 aromatic rings. The Labute approximate surface area is 139 Å². The Kier molecular flexibility index (Phi) is 4.30. The van der Waals surface area contributed by atoms with E-state index >= 15 is 0 Å². The summed E-state index contributed by atoms with van der Waals surface area (Å²) >= 11 is 9.51. The summed E-state index contributed by atoms with van der Waals surface area (Å²) in [6.07, 6.45) is 4.66. The van der Waals surface area contributed by atoms with Crippen LogP contribution in [0.3, 0.4) is 0 Å². The Balaban J connectivity index is 2.05. The first-order valence-electron chi connectivity index (χ1n) is 7.44.